The van der Waals surface area contributed by atoms with E-state index in [9.17, 15) is 4.79 Å². The van der Waals surface area contributed by atoms with Gasteiger partial charge in [0.25, 0.3) is 5.91 Å². The molecule has 1 N–H and O–H groups in total. The Kier molecular flexibility index (Phi) is 6.21. The molecule has 0 saturated heterocycles. The molecule has 0 spiro atoms. The predicted molar refractivity (Wildman–Crippen MR) is 125 cm³/mol. The van der Waals surface area contributed by atoms with Gasteiger partial charge in [0.2, 0.25) is 11.7 Å². The molecule has 170 valence electrons. The first-order valence-corrected chi connectivity index (χ1v) is 11.5. The molecule has 4 aromatic heterocycles. The maximum absolute atomic E-state index is 12.4. The molecule has 5 rings (SSSR count). The van der Waals surface area contributed by atoms with Crippen LogP contribution in [-0.2, 0) is 12.3 Å². The molecule has 9 nitrogen and oxygen atoms in total. The highest BCUT2D eigenvalue weighted by Gasteiger charge is 2.19. The van der Waals surface area contributed by atoms with Crippen LogP contribution < -0.4 is 5.32 Å². The number of aryl methyl sites for hydroxylation is 1. The molecule has 10 heteroatoms. The van der Waals surface area contributed by atoms with Gasteiger partial charge >= 0.3 is 0 Å². The fraction of sp³-hybridized carbons (Fsp3) is 0.125. The Bertz CT molecular complexity index is 1400. The third-order valence-corrected chi connectivity index (χ3v) is 5.83. The fourth-order valence-electron chi connectivity index (χ4n) is 3.31. The maximum Gasteiger partial charge on any atom is 0.273 e. The lowest BCUT2D eigenvalue weighted by Crippen LogP contribution is -2.23. The minimum atomic E-state index is -0.313. The number of benzene rings is 1. The van der Waals surface area contributed by atoms with E-state index in [1.165, 1.54) is 18.0 Å². The number of carbonyl (C=O) groups excluding carboxylic acids is 1. The predicted octanol–water partition coefficient (Wildman–Crippen LogP) is 4.44. The van der Waals surface area contributed by atoms with Crippen LogP contribution in [0.5, 0.6) is 0 Å². The van der Waals surface area contributed by atoms with E-state index >= 15 is 0 Å². The van der Waals surface area contributed by atoms with Crippen molar-refractivity contribution in [1.29, 1.82) is 0 Å². The molecule has 5 aromatic rings. The van der Waals surface area contributed by atoms with Crippen LogP contribution in [0, 0.1) is 6.92 Å². The molecular weight excluding hydrogens is 452 g/mol. The number of rotatable bonds is 8. The van der Waals surface area contributed by atoms with Crippen LogP contribution in [0.3, 0.4) is 0 Å². The zero-order valence-corrected chi connectivity index (χ0v) is 19.0. The van der Waals surface area contributed by atoms with Crippen molar-refractivity contribution < 1.29 is 13.6 Å². The lowest BCUT2D eigenvalue weighted by Gasteiger charge is -2.09. The normalized spacial score (nSPS) is 11.0. The quantitative estimate of drug-likeness (QED) is 0.330. The van der Waals surface area contributed by atoms with Gasteiger partial charge in [0.15, 0.2) is 16.6 Å². The Balaban J connectivity index is 1.31. The molecule has 0 radical (unpaired) electrons. The first kappa shape index (κ1) is 21.7. The van der Waals surface area contributed by atoms with Crippen LogP contribution in [0.1, 0.15) is 27.5 Å². The van der Waals surface area contributed by atoms with Gasteiger partial charge in [-0.15, -0.1) is 10.2 Å². The molecule has 0 saturated carbocycles. The standard InChI is InChI=1S/C24H20N6O3S/c1-16-5-2-7-18(11-16)30-22(20-8-4-10-32-20)28-29-24(30)34-15-21-27-19(14-33-21)23(31)26-13-17-6-3-9-25-12-17/h2-12,14H,13,15H2,1H3,(H,26,31). The Labute approximate surface area is 199 Å². The first-order valence-electron chi connectivity index (χ1n) is 10.5. The monoisotopic (exact) mass is 472 g/mol. The van der Waals surface area contributed by atoms with Gasteiger partial charge < -0.3 is 14.2 Å². The van der Waals surface area contributed by atoms with E-state index in [2.05, 4.69) is 31.5 Å². The highest BCUT2D eigenvalue weighted by molar-refractivity contribution is 7.98. The summed E-state index contributed by atoms with van der Waals surface area (Å²) >= 11 is 1.41. The third-order valence-electron chi connectivity index (χ3n) is 4.92. The van der Waals surface area contributed by atoms with E-state index in [0.29, 0.717) is 34.9 Å². The molecule has 0 fully saturated rings. The Morgan fingerprint density at radius 3 is 2.85 bits per heavy atom. The second-order valence-corrected chi connectivity index (χ2v) is 8.36. The molecule has 0 aliphatic rings. The number of nitrogens with zero attached hydrogens (tertiary/aromatic N) is 5. The number of amides is 1. The van der Waals surface area contributed by atoms with E-state index < -0.39 is 0 Å². The van der Waals surface area contributed by atoms with E-state index in [4.69, 9.17) is 8.83 Å². The van der Waals surface area contributed by atoms with Gasteiger partial charge in [-0.25, -0.2) is 4.98 Å². The Morgan fingerprint density at radius 1 is 1.12 bits per heavy atom. The fourth-order valence-corrected chi connectivity index (χ4v) is 4.12. The summed E-state index contributed by atoms with van der Waals surface area (Å²) < 4.78 is 13.0. The van der Waals surface area contributed by atoms with Crippen molar-refractivity contribution in [3.63, 3.8) is 0 Å². The minimum absolute atomic E-state index is 0.218. The number of hydrogen-bond acceptors (Lipinski definition) is 8. The molecule has 0 unspecified atom stereocenters. The van der Waals surface area contributed by atoms with E-state index in [0.717, 1.165) is 16.8 Å². The van der Waals surface area contributed by atoms with Gasteiger partial charge in [0.1, 0.15) is 6.26 Å². The summed E-state index contributed by atoms with van der Waals surface area (Å²) in [5.74, 6) is 1.69. The highest BCUT2D eigenvalue weighted by Crippen LogP contribution is 2.30. The van der Waals surface area contributed by atoms with Crippen molar-refractivity contribution in [3.05, 3.63) is 96.2 Å². The molecule has 4 heterocycles. The number of carbonyl (C=O) groups is 1. The van der Waals surface area contributed by atoms with Crippen LogP contribution in [0.4, 0.5) is 0 Å². The number of oxazole rings is 1. The molecule has 34 heavy (non-hydrogen) atoms. The van der Waals surface area contributed by atoms with Crippen molar-refractivity contribution in [1.82, 2.24) is 30.0 Å². The molecular formula is C24H20N6O3S. The van der Waals surface area contributed by atoms with Crippen LogP contribution in [0.2, 0.25) is 0 Å². The van der Waals surface area contributed by atoms with Gasteiger partial charge in [0, 0.05) is 18.9 Å². The maximum atomic E-state index is 12.4. The van der Waals surface area contributed by atoms with Crippen LogP contribution in [-0.4, -0.2) is 30.6 Å². The first-order chi connectivity index (χ1) is 16.7. The molecule has 1 amide bonds. The average molecular weight is 473 g/mol. The average Bonchev–Trinajstić information content (AvgIpc) is 3.62. The number of furan rings is 1. The smallest absolute Gasteiger partial charge is 0.273 e. The number of pyridine rings is 1. The van der Waals surface area contributed by atoms with Crippen molar-refractivity contribution in [3.8, 4) is 17.3 Å². The van der Waals surface area contributed by atoms with Gasteiger partial charge in [-0.3, -0.25) is 14.3 Å². The Hall–Kier alpha value is -4.18. The van der Waals surface area contributed by atoms with Crippen molar-refractivity contribution in [2.45, 2.75) is 24.4 Å². The topological polar surface area (TPSA) is 112 Å². The van der Waals surface area contributed by atoms with Crippen LogP contribution in [0.25, 0.3) is 17.3 Å². The largest absolute Gasteiger partial charge is 0.461 e. The lowest BCUT2D eigenvalue weighted by atomic mass is 10.2. The molecule has 0 aliphatic carbocycles. The summed E-state index contributed by atoms with van der Waals surface area (Å²) in [5.41, 5.74) is 3.15. The second kappa shape index (κ2) is 9.75. The zero-order valence-electron chi connectivity index (χ0n) is 18.2. The van der Waals surface area contributed by atoms with E-state index in [-0.39, 0.29) is 11.6 Å². The van der Waals surface area contributed by atoms with E-state index in [1.807, 2.05) is 54.0 Å². The molecule has 1 aromatic carbocycles. The lowest BCUT2D eigenvalue weighted by molar-refractivity contribution is 0.0946. The number of thioether (sulfide) groups is 1. The van der Waals surface area contributed by atoms with Crippen molar-refractivity contribution in [2.24, 2.45) is 0 Å². The molecule has 0 atom stereocenters. The summed E-state index contributed by atoms with van der Waals surface area (Å²) in [6.07, 6.45) is 6.34. The molecule has 0 aliphatic heterocycles. The SMILES string of the molecule is Cc1cccc(-n2c(SCc3nc(C(=O)NCc4cccnc4)co3)nnc2-c2ccco2)c1. The number of aromatic nitrogens is 5. The number of hydrogen-bond donors (Lipinski definition) is 1. The second-order valence-electron chi connectivity index (χ2n) is 7.42. The minimum Gasteiger partial charge on any atom is -0.461 e. The van der Waals surface area contributed by atoms with Crippen molar-refractivity contribution in [2.75, 3.05) is 0 Å². The summed E-state index contributed by atoms with van der Waals surface area (Å²) in [6, 6.07) is 15.4. The Morgan fingerprint density at radius 2 is 2.06 bits per heavy atom. The summed E-state index contributed by atoms with van der Waals surface area (Å²) in [4.78, 5) is 20.8. The third kappa shape index (κ3) is 4.76. The highest BCUT2D eigenvalue weighted by atomic mass is 32.2. The van der Waals surface area contributed by atoms with Crippen molar-refractivity contribution >= 4 is 17.7 Å². The zero-order chi connectivity index (χ0) is 23.3. The van der Waals surface area contributed by atoms with Crippen LogP contribution >= 0.6 is 11.8 Å². The number of nitrogens with one attached hydrogen (secondary N) is 1. The van der Waals surface area contributed by atoms with Gasteiger partial charge in [-0.1, -0.05) is 30.0 Å². The van der Waals surface area contributed by atoms with Crippen LogP contribution in [0.15, 0.2) is 87.4 Å². The van der Waals surface area contributed by atoms with Gasteiger partial charge in [-0.2, -0.15) is 0 Å². The summed E-state index contributed by atoms with van der Waals surface area (Å²) in [5, 5.41) is 12.2. The molecule has 0 bridgehead atoms. The summed E-state index contributed by atoms with van der Waals surface area (Å²) in [7, 11) is 0. The van der Waals surface area contributed by atoms with Gasteiger partial charge in [-0.05, 0) is 48.4 Å². The van der Waals surface area contributed by atoms with Gasteiger partial charge in [0.05, 0.1) is 17.7 Å². The summed E-state index contributed by atoms with van der Waals surface area (Å²) in [6.45, 7) is 2.39. The van der Waals surface area contributed by atoms with E-state index in [1.54, 1.807) is 18.7 Å².